The number of aliphatic hydroxyl groups excluding tert-OH is 3. The number of hydrogen-bond donors (Lipinski definition) is 4. The van der Waals surface area contributed by atoms with Crippen LogP contribution in [0.15, 0.2) is 12.2 Å². The molecule has 57 heavy (non-hydrogen) atoms. The van der Waals surface area contributed by atoms with Crippen molar-refractivity contribution in [1.82, 2.24) is 5.32 Å². The molecule has 0 aliphatic rings. The number of rotatable bonds is 48. The van der Waals surface area contributed by atoms with Crippen LogP contribution in [0.1, 0.15) is 290 Å². The average molecular weight is 806 g/mol. The Balaban J connectivity index is 3.54. The Morgan fingerprint density at radius 2 is 0.684 bits per heavy atom. The van der Waals surface area contributed by atoms with Crippen molar-refractivity contribution in [2.24, 2.45) is 0 Å². The molecule has 0 rings (SSSR count). The molecule has 0 aromatic heterocycles. The van der Waals surface area contributed by atoms with E-state index in [4.69, 9.17) is 0 Å². The summed E-state index contributed by atoms with van der Waals surface area (Å²) >= 11 is 0. The summed E-state index contributed by atoms with van der Waals surface area (Å²) < 4.78 is 0. The van der Waals surface area contributed by atoms with E-state index in [1.54, 1.807) is 6.08 Å². The first-order valence-electron chi connectivity index (χ1n) is 26.0. The molecule has 0 heterocycles. The second-order valence-corrected chi connectivity index (χ2v) is 18.1. The molecule has 5 nitrogen and oxygen atoms in total. The van der Waals surface area contributed by atoms with Gasteiger partial charge in [-0.1, -0.05) is 283 Å². The van der Waals surface area contributed by atoms with E-state index in [0.717, 1.165) is 32.1 Å². The zero-order valence-corrected chi connectivity index (χ0v) is 38.7. The number of carbonyl (C=O) groups is 1. The van der Waals surface area contributed by atoms with Gasteiger partial charge in [0.1, 0.15) is 6.10 Å². The van der Waals surface area contributed by atoms with E-state index in [0.29, 0.717) is 6.42 Å². The van der Waals surface area contributed by atoms with E-state index in [1.807, 2.05) is 6.08 Å². The lowest BCUT2D eigenvalue weighted by Crippen LogP contribution is -2.48. The third-order valence-corrected chi connectivity index (χ3v) is 12.4. The van der Waals surface area contributed by atoms with E-state index < -0.39 is 24.2 Å². The van der Waals surface area contributed by atoms with Crippen LogP contribution in [0.2, 0.25) is 0 Å². The van der Waals surface area contributed by atoms with E-state index in [9.17, 15) is 20.1 Å². The highest BCUT2D eigenvalue weighted by atomic mass is 16.3. The van der Waals surface area contributed by atoms with Crippen molar-refractivity contribution >= 4 is 5.91 Å². The lowest BCUT2D eigenvalue weighted by atomic mass is 10.0. The van der Waals surface area contributed by atoms with Crippen molar-refractivity contribution < 1.29 is 20.1 Å². The van der Waals surface area contributed by atoms with Gasteiger partial charge in [0.15, 0.2) is 0 Å². The predicted octanol–water partition coefficient (Wildman–Crippen LogP) is 15.6. The summed E-state index contributed by atoms with van der Waals surface area (Å²) in [6.07, 6.45) is 58.4. The van der Waals surface area contributed by atoms with Crippen molar-refractivity contribution in [3.05, 3.63) is 12.2 Å². The minimum Gasteiger partial charge on any atom is -0.394 e. The van der Waals surface area contributed by atoms with Crippen molar-refractivity contribution in [1.29, 1.82) is 0 Å². The molecule has 0 aliphatic carbocycles. The highest BCUT2D eigenvalue weighted by Gasteiger charge is 2.22. The second kappa shape index (κ2) is 47.8. The van der Waals surface area contributed by atoms with Gasteiger partial charge in [-0.25, -0.2) is 0 Å². The number of nitrogens with one attached hydrogen (secondary N) is 1. The molecule has 340 valence electrons. The first-order chi connectivity index (χ1) is 28.1. The van der Waals surface area contributed by atoms with Crippen molar-refractivity contribution in [2.75, 3.05) is 6.61 Å². The smallest absolute Gasteiger partial charge is 0.249 e. The number of aliphatic hydroxyl groups is 3. The molecule has 0 spiro atoms. The monoisotopic (exact) mass is 806 g/mol. The van der Waals surface area contributed by atoms with Crippen LogP contribution in [0.5, 0.6) is 0 Å². The maximum absolute atomic E-state index is 12.5. The molecule has 3 atom stereocenters. The minimum atomic E-state index is -1.09. The SMILES string of the molecule is CCCCCCCCCCCCCCCCC/C=C/C(O)C(CO)NC(=O)C(O)CCCCCCCCCCCCCCCCCCCCCCCCCCCC. The molecule has 1 amide bonds. The van der Waals surface area contributed by atoms with Crippen LogP contribution in [0.25, 0.3) is 0 Å². The zero-order chi connectivity index (χ0) is 41.5. The van der Waals surface area contributed by atoms with Crippen LogP contribution in [-0.4, -0.2) is 46.1 Å². The molecule has 0 fully saturated rings. The highest BCUT2D eigenvalue weighted by molar-refractivity contribution is 5.80. The number of allylic oxidation sites excluding steroid dienone is 1. The van der Waals surface area contributed by atoms with Gasteiger partial charge in [0, 0.05) is 0 Å². The van der Waals surface area contributed by atoms with E-state index >= 15 is 0 Å². The van der Waals surface area contributed by atoms with Gasteiger partial charge in [0.2, 0.25) is 5.91 Å². The lowest BCUT2D eigenvalue weighted by Gasteiger charge is -2.21. The molecule has 0 aromatic rings. The molecule has 3 unspecified atom stereocenters. The lowest BCUT2D eigenvalue weighted by molar-refractivity contribution is -0.131. The van der Waals surface area contributed by atoms with Crippen LogP contribution < -0.4 is 5.32 Å². The molecule has 5 heteroatoms. The fourth-order valence-electron chi connectivity index (χ4n) is 8.31. The summed E-state index contributed by atoms with van der Waals surface area (Å²) in [5.41, 5.74) is 0. The third-order valence-electron chi connectivity index (χ3n) is 12.4. The number of amides is 1. The maximum atomic E-state index is 12.5. The molecule has 0 aromatic carbocycles. The van der Waals surface area contributed by atoms with Gasteiger partial charge < -0.3 is 20.6 Å². The van der Waals surface area contributed by atoms with E-state index in [1.165, 1.54) is 238 Å². The van der Waals surface area contributed by atoms with Gasteiger partial charge >= 0.3 is 0 Å². The van der Waals surface area contributed by atoms with Gasteiger partial charge in [-0.3, -0.25) is 4.79 Å². The molecule has 4 N–H and O–H groups in total. The molecule has 0 radical (unpaired) electrons. The van der Waals surface area contributed by atoms with Crippen LogP contribution in [0, 0.1) is 0 Å². The first kappa shape index (κ1) is 56.1. The fourth-order valence-corrected chi connectivity index (χ4v) is 8.31. The standard InChI is InChI=1S/C52H103NO4/c1-3-5-7-9-11-13-15-17-19-21-22-23-24-25-26-27-28-29-31-33-35-37-39-41-43-45-47-51(56)52(57)53-49(48-54)50(55)46-44-42-40-38-36-34-32-30-20-18-16-14-12-10-8-6-4-2/h44,46,49-51,54-56H,3-43,45,47-48H2,1-2H3,(H,53,57)/b46-44+. The van der Waals surface area contributed by atoms with Crippen LogP contribution in [0.4, 0.5) is 0 Å². The summed E-state index contributed by atoms with van der Waals surface area (Å²) in [5.74, 6) is -0.497. The molecule has 0 aliphatic heterocycles. The molecule has 0 saturated carbocycles. The van der Waals surface area contributed by atoms with E-state index in [2.05, 4.69) is 19.2 Å². The quantitative estimate of drug-likeness (QED) is 0.0364. The Bertz CT molecular complexity index is 803. The Morgan fingerprint density at radius 3 is 0.965 bits per heavy atom. The van der Waals surface area contributed by atoms with E-state index in [-0.39, 0.29) is 6.61 Å². The number of carbonyl (C=O) groups excluding carboxylic acids is 1. The Kier molecular flexibility index (Phi) is 47.0. The summed E-state index contributed by atoms with van der Waals surface area (Å²) in [5, 5.41) is 33.3. The minimum absolute atomic E-state index is 0.359. The Hall–Kier alpha value is -0.910. The maximum Gasteiger partial charge on any atom is 0.249 e. The van der Waals surface area contributed by atoms with Crippen LogP contribution in [0.3, 0.4) is 0 Å². The van der Waals surface area contributed by atoms with Gasteiger partial charge in [-0.15, -0.1) is 0 Å². The van der Waals surface area contributed by atoms with Crippen LogP contribution in [-0.2, 0) is 4.79 Å². The summed E-state index contributed by atoms with van der Waals surface area (Å²) in [6, 6.07) is -0.793. The van der Waals surface area contributed by atoms with Gasteiger partial charge in [0.05, 0.1) is 18.8 Å². The summed E-state index contributed by atoms with van der Waals surface area (Å²) in [7, 11) is 0. The fraction of sp³-hybridized carbons (Fsp3) is 0.942. The second-order valence-electron chi connectivity index (χ2n) is 18.1. The predicted molar refractivity (Wildman–Crippen MR) is 250 cm³/mol. The van der Waals surface area contributed by atoms with Gasteiger partial charge in [0.25, 0.3) is 0 Å². The van der Waals surface area contributed by atoms with Crippen molar-refractivity contribution in [3.63, 3.8) is 0 Å². The molecule has 0 bridgehead atoms. The zero-order valence-electron chi connectivity index (χ0n) is 38.7. The van der Waals surface area contributed by atoms with Crippen LogP contribution >= 0.6 is 0 Å². The van der Waals surface area contributed by atoms with Gasteiger partial charge in [-0.05, 0) is 19.3 Å². The van der Waals surface area contributed by atoms with Gasteiger partial charge in [-0.2, -0.15) is 0 Å². The topological polar surface area (TPSA) is 89.8 Å². The summed E-state index contributed by atoms with van der Waals surface area (Å²) in [6.45, 7) is 4.21. The number of unbranched alkanes of at least 4 members (excludes halogenated alkanes) is 40. The molecular weight excluding hydrogens is 703 g/mol. The molecular formula is C52H103NO4. The Labute approximate surface area is 357 Å². The summed E-state index contributed by atoms with van der Waals surface area (Å²) in [4.78, 5) is 12.5. The number of hydrogen-bond acceptors (Lipinski definition) is 4. The van der Waals surface area contributed by atoms with Crippen molar-refractivity contribution in [2.45, 2.75) is 308 Å². The largest absolute Gasteiger partial charge is 0.394 e. The normalized spacial score (nSPS) is 13.4. The highest BCUT2D eigenvalue weighted by Crippen LogP contribution is 2.17. The molecule has 0 saturated heterocycles. The Morgan fingerprint density at radius 1 is 0.421 bits per heavy atom. The third kappa shape index (κ3) is 43.0. The first-order valence-corrected chi connectivity index (χ1v) is 26.0. The van der Waals surface area contributed by atoms with Crippen molar-refractivity contribution in [3.8, 4) is 0 Å². The average Bonchev–Trinajstić information content (AvgIpc) is 3.22.